The number of aryl methyl sites for hydroxylation is 1. The van der Waals surface area contributed by atoms with E-state index in [0.717, 1.165) is 24.0 Å². The summed E-state index contributed by atoms with van der Waals surface area (Å²) in [6.07, 6.45) is 2.15. The summed E-state index contributed by atoms with van der Waals surface area (Å²) in [5, 5.41) is 8.68. The summed E-state index contributed by atoms with van der Waals surface area (Å²) < 4.78 is 47.3. The average molecular weight is 568 g/mol. The van der Waals surface area contributed by atoms with Crippen LogP contribution in [0.25, 0.3) is 11.3 Å². The van der Waals surface area contributed by atoms with Crippen molar-refractivity contribution in [2.45, 2.75) is 37.2 Å². The highest BCUT2D eigenvalue weighted by Gasteiger charge is 2.32. The average Bonchev–Trinajstić information content (AvgIpc) is 3.35. The van der Waals surface area contributed by atoms with E-state index in [4.69, 9.17) is 4.74 Å². The Morgan fingerprint density at radius 1 is 0.975 bits per heavy atom. The number of anilines is 1. The number of aromatic nitrogens is 2. The van der Waals surface area contributed by atoms with Crippen LogP contribution in [0.1, 0.15) is 24.8 Å². The predicted octanol–water partition coefficient (Wildman–Crippen LogP) is 3.50. The first-order valence-electron chi connectivity index (χ1n) is 13.6. The molecule has 2 aromatic carbocycles. The lowest BCUT2D eigenvalue weighted by molar-refractivity contribution is -0.131. The first kappa shape index (κ1) is 28.1. The quantitative estimate of drug-likeness (QED) is 0.411. The van der Waals surface area contributed by atoms with Crippen molar-refractivity contribution in [1.82, 2.24) is 19.4 Å². The highest BCUT2D eigenvalue weighted by Crippen LogP contribution is 2.22. The van der Waals surface area contributed by atoms with Crippen LogP contribution < -0.4 is 4.90 Å². The van der Waals surface area contributed by atoms with Gasteiger partial charge in [-0.1, -0.05) is 17.7 Å². The number of hydrogen-bond donors (Lipinski definition) is 0. The van der Waals surface area contributed by atoms with Gasteiger partial charge in [0.1, 0.15) is 5.82 Å². The molecule has 0 bridgehead atoms. The molecule has 1 aromatic heterocycles. The first-order valence-corrected chi connectivity index (χ1v) is 15.0. The number of nitrogens with zero attached hydrogens (tertiary/aromatic N) is 5. The van der Waals surface area contributed by atoms with Crippen molar-refractivity contribution < 1.29 is 22.3 Å². The minimum atomic E-state index is -3.87. The summed E-state index contributed by atoms with van der Waals surface area (Å²) in [7, 11) is -3.87. The molecule has 2 fully saturated rings. The van der Waals surface area contributed by atoms with Crippen LogP contribution in [0.15, 0.2) is 65.6 Å². The van der Waals surface area contributed by atoms with E-state index < -0.39 is 10.0 Å². The maximum Gasteiger partial charge on any atom is 0.243 e. The summed E-state index contributed by atoms with van der Waals surface area (Å²) in [5.74, 6) is 0.162. The molecule has 1 amide bonds. The van der Waals surface area contributed by atoms with Crippen LogP contribution in [0.5, 0.6) is 0 Å². The standard InChI is InChI=1S/C29H34FN5O4S/c1-22-5-11-26(12-6-22)40(37,38)35(20-25-4-2-19-39-25)21-29(36)34-16-3-15-33(17-18-34)28-14-13-27(31-32-28)23-7-9-24(30)10-8-23/h5-14,25H,2-4,15-21H2,1H3/t25-/m0/s1. The molecular formula is C29H34FN5O4S. The number of rotatable bonds is 8. The number of benzene rings is 2. The van der Waals surface area contributed by atoms with E-state index >= 15 is 0 Å². The number of amides is 1. The second kappa shape index (κ2) is 12.4. The van der Waals surface area contributed by atoms with Gasteiger partial charge in [0.05, 0.1) is 23.2 Å². The Balaban J connectivity index is 1.25. The fourth-order valence-electron chi connectivity index (χ4n) is 5.04. The van der Waals surface area contributed by atoms with Gasteiger partial charge in [-0.15, -0.1) is 10.2 Å². The predicted molar refractivity (Wildman–Crippen MR) is 150 cm³/mol. The maximum atomic E-state index is 13.6. The molecule has 3 aromatic rings. The molecule has 11 heteroatoms. The number of carbonyl (C=O) groups is 1. The maximum absolute atomic E-state index is 13.6. The van der Waals surface area contributed by atoms with Crippen molar-refractivity contribution in [1.29, 1.82) is 0 Å². The lowest BCUT2D eigenvalue weighted by Crippen LogP contribution is -2.46. The molecule has 0 saturated carbocycles. The Hall–Kier alpha value is -3.41. The fraction of sp³-hybridized carbons (Fsp3) is 0.414. The summed E-state index contributed by atoms with van der Waals surface area (Å²) in [6.45, 7) is 4.63. The smallest absolute Gasteiger partial charge is 0.243 e. The molecule has 3 heterocycles. The Morgan fingerprint density at radius 2 is 1.75 bits per heavy atom. The van der Waals surface area contributed by atoms with Crippen LogP contribution in [0.3, 0.4) is 0 Å². The molecule has 0 unspecified atom stereocenters. The highest BCUT2D eigenvalue weighted by molar-refractivity contribution is 7.89. The van der Waals surface area contributed by atoms with E-state index in [-0.39, 0.29) is 35.8 Å². The van der Waals surface area contributed by atoms with Crippen LogP contribution in [-0.2, 0) is 19.6 Å². The van der Waals surface area contributed by atoms with Crippen molar-refractivity contribution in [2.24, 2.45) is 0 Å². The molecule has 2 saturated heterocycles. The molecule has 2 aliphatic rings. The van der Waals surface area contributed by atoms with E-state index in [1.807, 2.05) is 19.1 Å². The van der Waals surface area contributed by atoms with Gasteiger partial charge in [0, 0.05) is 44.9 Å². The molecule has 0 aliphatic carbocycles. The minimum Gasteiger partial charge on any atom is -0.377 e. The van der Waals surface area contributed by atoms with E-state index in [2.05, 4.69) is 15.1 Å². The Kier molecular flexibility index (Phi) is 8.72. The lowest BCUT2D eigenvalue weighted by Gasteiger charge is -2.28. The number of sulfonamides is 1. The molecule has 9 nitrogen and oxygen atoms in total. The number of ether oxygens (including phenoxy) is 1. The SMILES string of the molecule is Cc1ccc(S(=O)(=O)N(CC(=O)N2CCCN(c3ccc(-c4ccc(F)cc4)nn3)CC2)C[C@@H]2CCCO2)cc1. The van der Waals surface area contributed by atoms with Crippen LogP contribution in [0.4, 0.5) is 10.2 Å². The first-order chi connectivity index (χ1) is 19.3. The normalized spacial score (nSPS) is 18.2. The van der Waals surface area contributed by atoms with Gasteiger partial charge >= 0.3 is 0 Å². The summed E-state index contributed by atoms with van der Waals surface area (Å²) >= 11 is 0. The second-order valence-electron chi connectivity index (χ2n) is 10.3. The summed E-state index contributed by atoms with van der Waals surface area (Å²) in [5.41, 5.74) is 2.39. The van der Waals surface area contributed by atoms with Crippen molar-refractivity contribution in [2.75, 3.05) is 50.8 Å². The third-order valence-electron chi connectivity index (χ3n) is 7.36. The Morgan fingerprint density at radius 3 is 2.42 bits per heavy atom. The van der Waals surface area contributed by atoms with Crippen LogP contribution in [-0.4, -0.2) is 85.7 Å². The molecule has 5 rings (SSSR count). The van der Waals surface area contributed by atoms with Gasteiger partial charge < -0.3 is 14.5 Å². The lowest BCUT2D eigenvalue weighted by atomic mass is 10.1. The summed E-state index contributed by atoms with van der Waals surface area (Å²) in [4.78, 5) is 17.4. The van der Waals surface area contributed by atoms with Crippen LogP contribution >= 0.6 is 0 Å². The number of halogens is 1. The van der Waals surface area contributed by atoms with Gasteiger partial charge in [-0.05, 0) is 74.7 Å². The van der Waals surface area contributed by atoms with E-state index in [1.165, 1.54) is 16.4 Å². The highest BCUT2D eigenvalue weighted by atomic mass is 32.2. The molecule has 212 valence electrons. The topological polar surface area (TPSA) is 95.9 Å². The Bertz CT molecular complexity index is 1400. The van der Waals surface area contributed by atoms with E-state index in [0.29, 0.717) is 50.7 Å². The minimum absolute atomic E-state index is 0.151. The molecule has 1 atom stereocenters. The van der Waals surface area contributed by atoms with Crippen molar-refractivity contribution in [3.05, 3.63) is 72.0 Å². The molecular weight excluding hydrogens is 533 g/mol. The van der Waals surface area contributed by atoms with Crippen LogP contribution in [0, 0.1) is 12.7 Å². The van der Waals surface area contributed by atoms with E-state index in [9.17, 15) is 17.6 Å². The van der Waals surface area contributed by atoms with Gasteiger partial charge in [-0.25, -0.2) is 12.8 Å². The zero-order chi connectivity index (χ0) is 28.1. The van der Waals surface area contributed by atoms with Crippen molar-refractivity contribution in [3.63, 3.8) is 0 Å². The number of hydrogen-bond acceptors (Lipinski definition) is 7. The third-order valence-corrected chi connectivity index (χ3v) is 9.19. The monoisotopic (exact) mass is 567 g/mol. The van der Waals surface area contributed by atoms with Crippen LogP contribution in [0.2, 0.25) is 0 Å². The van der Waals surface area contributed by atoms with Gasteiger partial charge in [0.15, 0.2) is 5.82 Å². The summed E-state index contributed by atoms with van der Waals surface area (Å²) in [6, 6.07) is 16.5. The van der Waals surface area contributed by atoms with Crippen molar-refractivity contribution in [3.8, 4) is 11.3 Å². The largest absolute Gasteiger partial charge is 0.377 e. The molecule has 0 spiro atoms. The van der Waals surface area contributed by atoms with Gasteiger partial charge in [0.25, 0.3) is 0 Å². The van der Waals surface area contributed by atoms with Crippen molar-refractivity contribution >= 4 is 21.7 Å². The molecule has 0 radical (unpaired) electrons. The Labute approximate surface area is 234 Å². The number of carbonyl (C=O) groups excluding carboxylic acids is 1. The van der Waals surface area contributed by atoms with Gasteiger partial charge in [0.2, 0.25) is 15.9 Å². The molecule has 0 N–H and O–H groups in total. The molecule has 40 heavy (non-hydrogen) atoms. The van der Waals surface area contributed by atoms with E-state index in [1.54, 1.807) is 41.3 Å². The molecule has 2 aliphatic heterocycles. The fourth-order valence-corrected chi connectivity index (χ4v) is 6.46. The van der Waals surface area contributed by atoms with Gasteiger partial charge in [-0.3, -0.25) is 4.79 Å². The zero-order valence-electron chi connectivity index (χ0n) is 22.6. The zero-order valence-corrected chi connectivity index (χ0v) is 23.4. The van der Waals surface area contributed by atoms with Gasteiger partial charge in [-0.2, -0.15) is 4.31 Å². The second-order valence-corrected chi connectivity index (χ2v) is 12.2. The third kappa shape index (κ3) is 6.65.